The van der Waals surface area contributed by atoms with Gasteiger partial charge in [0.15, 0.2) is 23.3 Å². The molecule has 0 unspecified atom stereocenters. The zero-order chi connectivity index (χ0) is 41.8. The Bertz CT molecular complexity index is 3060. The molecule has 0 N–H and O–H groups in total. The van der Waals surface area contributed by atoms with E-state index in [2.05, 4.69) is 44.2 Å². The minimum atomic E-state index is -1.50. The maximum atomic E-state index is 16.8. The second-order valence-electron chi connectivity index (χ2n) is 15.9. The van der Waals surface area contributed by atoms with E-state index in [1.807, 2.05) is 108 Å². The monoisotopic (exact) mass is 802 g/mol. The van der Waals surface area contributed by atoms with E-state index in [1.165, 1.54) is 17.0 Å². The summed E-state index contributed by atoms with van der Waals surface area (Å²) in [7, 11) is 0. The number of rotatable bonds is 8. The average Bonchev–Trinajstić information content (AvgIpc) is 3.53. The molecule has 1 aliphatic rings. The predicted molar refractivity (Wildman–Crippen MR) is 242 cm³/mol. The van der Waals surface area contributed by atoms with E-state index < -0.39 is 39.9 Å². The lowest BCUT2D eigenvalue weighted by Gasteiger charge is -2.29. The van der Waals surface area contributed by atoms with Crippen LogP contribution in [0.3, 0.4) is 0 Å². The van der Waals surface area contributed by atoms with Crippen molar-refractivity contribution in [2.24, 2.45) is 0 Å². The van der Waals surface area contributed by atoms with Crippen LogP contribution in [0.4, 0.5) is 51.7 Å². The first-order valence-electron chi connectivity index (χ1n) is 20.2. The third-order valence-electron chi connectivity index (χ3n) is 11.9. The van der Waals surface area contributed by atoms with Gasteiger partial charge in [0, 0.05) is 33.9 Å². The second-order valence-corrected chi connectivity index (χ2v) is 15.9. The first-order valence-corrected chi connectivity index (χ1v) is 20.2. The largest absolute Gasteiger partial charge is 0.310 e. The lowest BCUT2D eigenvalue weighted by Crippen LogP contribution is -2.19. The fraction of sp³-hybridized carbons (Fsp3) is 0.0545. The maximum Gasteiger partial charge on any atom is 0.186 e. The molecule has 0 saturated carbocycles. The molecule has 0 radical (unpaired) electrons. The Balaban J connectivity index is 1.06. The quantitative estimate of drug-likeness (QED) is 0.112. The van der Waals surface area contributed by atoms with E-state index in [0.29, 0.717) is 17.1 Å². The van der Waals surface area contributed by atoms with Crippen molar-refractivity contribution in [2.75, 3.05) is 9.80 Å². The summed E-state index contributed by atoms with van der Waals surface area (Å²) in [5.41, 5.74) is 7.31. The third kappa shape index (κ3) is 6.43. The van der Waals surface area contributed by atoms with Crippen LogP contribution in [-0.4, -0.2) is 0 Å². The molecule has 0 heterocycles. The normalized spacial score (nSPS) is 12.6. The first-order chi connectivity index (χ1) is 29.7. The van der Waals surface area contributed by atoms with Gasteiger partial charge in [-0.25, -0.2) is 17.6 Å². The highest BCUT2D eigenvalue weighted by Gasteiger charge is 2.37. The van der Waals surface area contributed by atoms with Crippen LogP contribution in [0.2, 0.25) is 0 Å². The second kappa shape index (κ2) is 15.0. The van der Waals surface area contributed by atoms with E-state index in [1.54, 1.807) is 48.5 Å². The summed E-state index contributed by atoms with van der Waals surface area (Å²) in [6, 6.07) is 60.9. The highest BCUT2D eigenvalue weighted by atomic mass is 19.2. The summed E-state index contributed by atoms with van der Waals surface area (Å²) < 4.78 is 66.7. The van der Waals surface area contributed by atoms with Crippen molar-refractivity contribution in [3.8, 4) is 33.4 Å². The minimum absolute atomic E-state index is 0.00991. The van der Waals surface area contributed by atoms with Crippen LogP contribution in [0.5, 0.6) is 0 Å². The molecule has 0 fully saturated rings. The third-order valence-corrected chi connectivity index (χ3v) is 11.9. The van der Waals surface area contributed by atoms with E-state index >= 15 is 17.6 Å². The molecule has 6 heteroatoms. The molecule has 1 aliphatic carbocycles. The van der Waals surface area contributed by atoms with Crippen molar-refractivity contribution in [2.45, 2.75) is 19.3 Å². The lowest BCUT2D eigenvalue weighted by molar-refractivity contribution is 0.461. The average molecular weight is 803 g/mol. The van der Waals surface area contributed by atoms with Gasteiger partial charge in [-0.05, 0) is 110 Å². The van der Waals surface area contributed by atoms with Gasteiger partial charge in [0.25, 0.3) is 0 Å². The summed E-state index contributed by atoms with van der Waals surface area (Å²) >= 11 is 0. The van der Waals surface area contributed by atoms with Gasteiger partial charge in [0.05, 0.1) is 5.56 Å². The zero-order valence-corrected chi connectivity index (χ0v) is 33.4. The number of anilines is 6. The van der Waals surface area contributed by atoms with Crippen LogP contribution in [-0.2, 0) is 5.41 Å². The number of fused-ring (bicyclic) bond motifs is 4. The molecule has 296 valence electrons. The van der Waals surface area contributed by atoms with E-state index in [9.17, 15) is 0 Å². The Morgan fingerprint density at radius 1 is 0.344 bits per heavy atom. The fourth-order valence-electron chi connectivity index (χ4n) is 8.86. The van der Waals surface area contributed by atoms with Gasteiger partial charge in [0.2, 0.25) is 0 Å². The highest BCUT2D eigenvalue weighted by Crippen LogP contribution is 2.51. The van der Waals surface area contributed by atoms with Crippen molar-refractivity contribution in [1.29, 1.82) is 0 Å². The first kappa shape index (κ1) is 37.8. The zero-order valence-electron chi connectivity index (χ0n) is 33.4. The lowest BCUT2D eigenvalue weighted by atomic mass is 9.82. The number of halogens is 4. The van der Waals surface area contributed by atoms with Gasteiger partial charge in [-0.2, -0.15) is 0 Å². The summed E-state index contributed by atoms with van der Waals surface area (Å²) in [5.74, 6) is -5.97. The molecule has 9 aromatic rings. The van der Waals surface area contributed by atoms with Gasteiger partial charge in [-0.1, -0.05) is 147 Å². The maximum absolute atomic E-state index is 16.8. The minimum Gasteiger partial charge on any atom is -0.310 e. The van der Waals surface area contributed by atoms with Gasteiger partial charge in [-0.3, -0.25) is 0 Å². The van der Waals surface area contributed by atoms with Crippen molar-refractivity contribution >= 4 is 44.9 Å². The number of hydrogen-bond donors (Lipinski definition) is 0. The number of nitrogens with zero attached hydrogens (tertiary/aromatic N) is 2. The van der Waals surface area contributed by atoms with Gasteiger partial charge < -0.3 is 9.80 Å². The Morgan fingerprint density at radius 3 is 1.49 bits per heavy atom. The van der Waals surface area contributed by atoms with Crippen molar-refractivity contribution in [3.05, 3.63) is 229 Å². The van der Waals surface area contributed by atoms with Crippen LogP contribution in [0, 0.1) is 23.3 Å². The molecule has 0 atom stereocenters. The van der Waals surface area contributed by atoms with Crippen LogP contribution < -0.4 is 9.80 Å². The molecule has 9 aromatic carbocycles. The standard InChI is InChI=1S/C55H38F4N2/c1-55(2)47-20-12-11-19-45(47)46-32-31-44(34-48(46)55)61(40-17-7-4-8-18-40)54-52(58)50(56)49(51(57)53(54)59)38-24-28-42(29-25-38)60(43-30-23-36-15-9-10-16-39(36)33-43)41-26-21-37(22-27-41)35-13-5-3-6-14-35/h3-34H,1-2H3. The molecular weight excluding hydrogens is 765 g/mol. The van der Waals surface area contributed by atoms with E-state index in [0.717, 1.165) is 55.5 Å². The topological polar surface area (TPSA) is 6.48 Å². The smallest absolute Gasteiger partial charge is 0.186 e. The van der Waals surface area contributed by atoms with Crippen LogP contribution in [0.25, 0.3) is 44.2 Å². The molecule has 0 spiro atoms. The van der Waals surface area contributed by atoms with E-state index in [4.69, 9.17) is 0 Å². The highest BCUT2D eigenvalue weighted by molar-refractivity contribution is 5.90. The van der Waals surface area contributed by atoms with Gasteiger partial charge in [0.1, 0.15) is 5.69 Å². The summed E-state index contributed by atoms with van der Waals surface area (Å²) in [6.07, 6.45) is 0. The molecule has 0 bridgehead atoms. The Hall–Kier alpha value is -7.44. The molecular formula is C55H38F4N2. The predicted octanol–water partition coefficient (Wildman–Crippen LogP) is 16.0. The molecule has 0 saturated heterocycles. The SMILES string of the molecule is CC1(C)c2ccccc2-c2ccc(N(c3ccccc3)c3c(F)c(F)c(-c4ccc(N(c5ccc(-c6ccccc6)cc5)c5ccc6ccccc6c5)cc4)c(F)c3F)cc21. The summed E-state index contributed by atoms with van der Waals surface area (Å²) in [5, 5.41) is 2.12. The van der Waals surface area contributed by atoms with E-state index in [-0.39, 0.29) is 5.56 Å². The molecule has 10 rings (SSSR count). The van der Waals surface area contributed by atoms with Crippen molar-refractivity contribution in [1.82, 2.24) is 0 Å². The molecule has 61 heavy (non-hydrogen) atoms. The van der Waals surface area contributed by atoms with Crippen molar-refractivity contribution < 1.29 is 17.6 Å². The number of para-hydroxylation sites is 1. The molecule has 0 aliphatic heterocycles. The summed E-state index contributed by atoms with van der Waals surface area (Å²) in [4.78, 5) is 3.30. The van der Waals surface area contributed by atoms with Crippen LogP contribution >= 0.6 is 0 Å². The van der Waals surface area contributed by atoms with Gasteiger partial charge >= 0.3 is 0 Å². The fourth-order valence-corrected chi connectivity index (χ4v) is 8.86. The Labute approximate surface area is 352 Å². The number of hydrogen-bond acceptors (Lipinski definition) is 2. The van der Waals surface area contributed by atoms with Crippen molar-refractivity contribution in [3.63, 3.8) is 0 Å². The van der Waals surface area contributed by atoms with Crippen LogP contribution in [0.15, 0.2) is 194 Å². The van der Waals surface area contributed by atoms with Gasteiger partial charge in [-0.15, -0.1) is 0 Å². The summed E-state index contributed by atoms with van der Waals surface area (Å²) in [6.45, 7) is 4.19. The molecule has 0 aromatic heterocycles. The molecule has 0 amide bonds. The van der Waals surface area contributed by atoms with Crippen LogP contribution in [0.1, 0.15) is 25.0 Å². The number of benzene rings is 9. The molecule has 2 nitrogen and oxygen atoms in total. The Kier molecular flexibility index (Phi) is 9.29. The Morgan fingerprint density at radius 2 is 0.820 bits per heavy atom.